The Balaban J connectivity index is 1.61. The molecule has 10 heteroatoms. The highest BCUT2D eigenvalue weighted by Crippen LogP contribution is 2.40. The zero-order valence-electron chi connectivity index (χ0n) is 17.8. The van der Waals surface area contributed by atoms with Crippen LogP contribution in [0.15, 0.2) is 63.4 Å². The molecule has 168 valence electrons. The van der Waals surface area contributed by atoms with E-state index >= 15 is 0 Å². The summed E-state index contributed by atoms with van der Waals surface area (Å²) < 4.78 is 10.8. The van der Waals surface area contributed by atoms with E-state index in [0.29, 0.717) is 40.8 Å². The number of hydrogen-bond donors (Lipinski definition) is 2. The number of aromatic nitrogens is 2. The number of hydrogen-bond acceptors (Lipinski definition) is 8. The molecule has 1 aromatic carbocycles. The number of carbonyl (C=O) groups excluding carboxylic acids is 1. The summed E-state index contributed by atoms with van der Waals surface area (Å²) in [7, 11) is 1.49. The van der Waals surface area contributed by atoms with Gasteiger partial charge in [-0.3, -0.25) is 4.90 Å². The Hall–Kier alpha value is -3.63. The smallest absolute Gasteiger partial charge is 0.322 e. The summed E-state index contributed by atoms with van der Waals surface area (Å²) >= 11 is 3.10. The average molecular weight is 481 g/mol. The van der Waals surface area contributed by atoms with Gasteiger partial charge in [-0.2, -0.15) is 4.98 Å². The number of benzene rings is 1. The molecule has 4 heterocycles. The van der Waals surface area contributed by atoms with Crippen LogP contribution < -0.4 is 10.1 Å². The molecule has 5 rings (SSSR count). The molecule has 0 radical (unpaired) electrons. The van der Waals surface area contributed by atoms with E-state index in [9.17, 15) is 9.90 Å². The van der Waals surface area contributed by atoms with E-state index in [1.165, 1.54) is 18.4 Å². The van der Waals surface area contributed by atoms with E-state index in [-0.39, 0.29) is 11.8 Å². The highest BCUT2D eigenvalue weighted by Gasteiger charge is 2.36. The molecule has 33 heavy (non-hydrogen) atoms. The molecule has 1 atom stereocenters. The Bertz CT molecular complexity index is 1310. The molecule has 2 amide bonds. The van der Waals surface area contributed by atoms with Crippen LogP contribution in [0.1, 0.15) is 29.3 Å². The Morgan fingerprint density at radius 2 is 2.03 bits per heavy atom. The van der Waals surface area contributed by atoms with Gasteiger partial charge in [0.15, 0.2) is 11.5 Å². The third-order valence-corrected chi connectivity index (χ3v) is 7.15. The number of nitrogens with one attached hydrogen (secondary N) is 1. The number of nitrogens with zero attached hydrogens (tertiary/aromatic N) is 3. The van der Waals surface area contributed by atoms with Gasteiger partial charge in [0.05, 0.1) is 30.1 Å². The third-order valence-electron chi connectivity index (χ3n) is 5.42. The van der Waals surface area contributed by atoms with Crippen LogP contribution in [0.25, 0.3) is 16.3 Å². The van der Waals surface area contributed by atoms with Crippen LogP contribution in [0.3, 0.4) is 0 Å². The van der Waals surface area contributed by atoms with Crippen LogP contribution in [0.4, 0.5) is 4.79 Å². The van der Waals surface area contributed by atoms with Crippen molar-refractivity contribution >= 4 is 34.3 Å². The number of allylic oxidation sites excluding steroid dienone is 1. The van der Waals surface area contributed by atoms with Gasteiger partial charge in [0.2, 0.25) is 5.82 Å². The molecule has 1 aliphatic heterocycles. The maximum Gasteiger partial charge on any atom is 0.322 e. The van der Waals surface area contributed by atoms with Gasteiger partial charge in [0, 0.05) is 10.6 Å². The molecule has 8 nitrogen and oxygen atoms in total. The van der Waals surface area contributed by atoms with Crippen molar-refractivity contribution in [3.63, 3.8) is 0 Å². The van der Waals surface area contributed by atoms with Gasteiger partial charge < -0.3 is 19.7 Å². The fourth-order valence-electron chi connectivity index (χ4n) is 3.78. The first-order valence-electron chi connectivity index (χ1n) is 10.1. The first-order valence-corrected chi connectivity index (χ1v) is 11.9. The minimum atomic E-state index is -0.592. The van der Waals surface area contributed by atoms with Crippen molar-refractivity contribution < 1.29 is 19.2 Å². The molecule has 0 bridgehead atoms. The molecule has 3 aromatic heterocycles. The molecule has 4 aromatic rings. The third kappa shape index (κ3) is 3.98. The number of methoxy groups -OCH3 is 1. The van der Waals surface area contributed by atoms with Crippen LogP contribution in [0, 0.1) is 0 Å². The van der Waals surface area contributed by atoms with Gasteiger partial charge in [0.25, 0.3) is 5.89 Å². The standard InChI is InChI=1S/C23H20N4O4S2/c1-13-19(22-25-21(26-31-22)18-6-4-10-33-18)20(14-7-8-17(30-2)16(28)11-14)24-23(29)27(13)12-15-5-3-9-32-15/h3-11,20,28H,12H2,1-2H3,(H,24,29). The predicted octanol–water partition coefficient (Wildman–Crippen LogP) is 5.27. The number of urea groups is 1. The molecule has 1 unspecified atom stereocenters. The maximum absolute atomic E-state index is 13.1. The van der Waals surface area contributed by atoms with E-state index in [4.69, 9.17) is 9.26 Å². The van der Waals surface area contributed by atoms with Crippen LogP contribution in [-0.4, -0.2) is 33.3 Å². The Morgan fingerprint density at radius 1 is 1.21 bits per heavy atom. The summed E-state index contributed by atoms with van der Waals surface area (Å²) in [6, 6.07) is 12.0. The minimum Gasteiger partial charge on any atom is -0.504 e. The van der Waals surface area contributed by atoms with E-state index in [1.807, 2.05) is 41.9 Å². The van der Waals surface area contributed by atoms with Crippen LogP contribution >= 0.6 is 22.7 Å². The number of rotatable bonds is 6. The number of amides is 2. The number of ether oxygens (including phenoxy) is 1. The number of phenolic OH excluding ortho intramolecular Hbond substituents is 1. The van der Waals surface area contributed by atoms with Gasteiger partial charge in [0.1, 0.15) is 0 Å². The quantitative estimate of drug-likeness (QED) is 0.390. The first-order chi connectivity index (χ1) is 16.0. The molecule has 0 saturated heterocycles. The maximum atomic E-state index is 13.1. The average Bonchev–Trinajstić information content (AvgIpc) is 3.58. The SMILES string of the molecule is COc1ccc(C2NC(=O)N(Cc3cccs3)C(C)=C2c2nc(-c3cccs3)no2)cc1O. The number of thiophene rings is 2. The summed E-state index contributed by atoms with van der Waals surface area (Å²) in [5, 5.41) is 21.5. The van der Waals surface area contributed by atoms with Gasteiger partial charge in [-0.1, -0.05) is 23.4 Å². The van der Waals surface area contributed by atoms with Crippen molar-refractivity contribution in [3.8, 4) is 22.2 Å². The van der Waals surface area contributed by atoms with Crippen molar-refractivity contribution in [2.45, 2.75) is 19.5 Å². The topological polar surface area (TPSA) is 101 Å². The molecule has 1 aliphatic rings. The van der Waals surface area contributed by atoms with Crippen LogP contribution in [0.5, 0.6) is 11.5 Å². The summed E-state index contributed by atoms with van der Waals surface area (Å²) in [6.45, 7) is 2.29. The van der Waals surface area contributed by atoms with E-state index in [0.717, 1.165) is 9.75 Å². The molecular formula is C23H20N4O4S2. The van der Waals surface area contributed by atoms with Crippen molar-refractivity contribution in [1.29, 1.82) is 0 Å². The lowest BCUT2D eigenvalue weighted by atomic mass is 9.94. The molecule has 0 saturated carbocycles. The fourth-order valence-corrected chi connectivity index (χ4v) is 5.12. The zero-order valence-corrected chi connectivity index (χ0v) is 19.4. The minimum absolute atomic E-state index is 0.0212. The Labute approximate surface area is 197 Å². The molecular weight excluding hydrogens is 460 g/mol. The molecule has 2 N–H and O–H groups in total. The fraction of sp³-hybridized carbons (Fsp3) is 0.174. The lowest BCUT2D eigenvalue weighted by Gasteiger charge is -2.35. The van der Waals surface area contributed by atoms with Crippen LogP contribution in [0.2, 0.25) is 0 Å². The molecule has 0 fully saturated rings. The van der Waals surface area contributed by atoms with E-state index < -0.39 is 6.04 Å². The predicted molar refractivity (Wildman–Crippen MR) is 126 cm³/mol. The number of aromatic hydroxyl groups is 1. The highest BCUT2D eigenvalue weighted by molar-refractivity contribution is 7.13. The number of carbonyl (C=O) groups is 1. The second kappa shape index (κ2) is 8.72. The Kier molecular flexibility index (Phi) is 5.61. The van der Waals surface area contributed by atoms with Gasteiger partial charge >= 0.3 is 6.03 Å². The number of phenols is 1. The summed E-state index contributed by atoms with van der Waals surface area (Å²) in [5.41, 5.74) is 2.04. The zero-order chi connectivity index (χ0) is 22.9. The van der Waals surface area contributed by atoms with Crippen molar-refractivity contribution in [3.05, 3.63) is 75.3 Å². The largest absolute Gasteiger partial charge is 0.504 e. The van der Waals surface area contributed by atoms with Gasteiger partial charge in [-0.15, -0.1) is 22.7 Å². The summed E-state index contributed by atoms with van der Waals surface area (Å²) in [5.74, 6) is 1.12. The first kappa shape index (κ1) is 21.2. The summed E-state index contributed by atoms with van der Waals surface area (Å²) in [4.78, 5) is 21.4. The Morgan fingerprint density at radius 3 is 2.73 bits per heavy atom. The summed E-state index contributed by atoms with van der Waals surface area (Å²) in [6.07, 6.45) is 0. The van der Waals surface area contributed by atoms with Crippen molar-refractivity contribution in [2.24, 2.45) is 0 Å². The normalized spacial score (nSPS) is 16.2. The van der Waals surface area contributed by atoms with Gasteiger partial charge in [-0.05, 0) is 47.5 Å². The van der Waals surface area contributed by atoms with Crippen molar-refractivity contribution in [1.82, 2.24) is 20.4 Å². The van der Waals surface area contributed by atoms with Crippen LogP contribution in [-0.2, 0) is 6.54 Å². The highest BCUT2D eigenvalue weighted by atomic mass is 32.1. The van der Waals surface area contributed by atoms with E-state index in [2.05, 4.69) is 15.5 Å². The molecule has 0 aliphatic carbocycles. The lowest BCUT2D eigenvalue weighted by Crippen LogP contribution is -2.45. The monoisotopic (exact) mass is 480 g/mol. The molecule has 0 spiro atoms. The van der Waals surface area contributed by atoms with Crippen molar-refractivity contribution in [2.75, 3.05) is 7.11 Å². The lowest BCUT2D eigenvalue weighted by molar-refractivity contribution is 0.203. The second-order valence-electron chi connectivity index (χ2n) is 7.38. The van der Waals surface area contributed by atoms with Gasteiger partial charge in [-0.25, -0.2) is 4.79 Å². The van der Waals surface area contributed by atoms with E-state index in [1.54, 1.807) is 34.4 Å². The second-order valence-corrected chi connectivity index (χ2v) is 9.36.